The molecule has 16 heavy (non-hydrogen) atoms. The molecule has 0 amide bonds. The van der Waals surface area contributed by atoms with Crippen LogP contribution in [-0.4, -0.2) is 24.6 Å². The third-order valence-corrected chi connectivity index (χ3v) is 8.89. The summed E-state index contributed by atoms with van der Waals surface area (Å²) < 4.78 is 0. The van der Waals surface area contributed by atoms with Gasteiger partial charge in [0.2, 0.25) is 0 Å². The van der Waals surface area contributed by atoms with Crippen LogP contribution in [0.5, 0.6) is 0 Å². The van der Waals surface area contributed by atoms with Crippen molar-refractivity contribution in [3.8, 4) is 0 Å². The fraction of sp³-hybridized carbons (Fsp3) is 1.00. The average Bonchev–Trinajstić information content (AvgIpc) is 2.19. The van der Waals surface area contributed by atoms with E-state index in [4.69, 9.17) is 0 Å². The van der Waals surface area contributed by atoms with E-state index in [1.165, 1.54) is 43.6 Å². The second kappa shape index (κ2) is 7.48. The van der Waals surface area contributed by atoms with Crippen LogP contribution in [0.3, 0.4) is 0 Å². The minimum absolute atomic E-state index is 0.701. The Labute approximate surface area is 109 Å². The fourth-order valence-electron chi connectivity index (χ4n) is 2.83. The second-order valence-corrected chi connectivity index (χ2v) is 10.1. The summed E-state index contributed by atoms with van der Waals surface area (Å²) in [4.78, 5) is 0. The van der Waals surface area contributed by atoms with Crippen LogP contribution in [0.25, 0.3) is 0 Å². The first kappa shape index (κ1) is 13.5. The largest absolute Gasteiger partial charge is 0.261 e. The molecule has 1 saturated heterocycles. The van der Waals surface area contributed by atoms with E-state index < -0.39 is 0 Å². The lowest BCUT2D eigenvalue weighted by molar-refractivity contribution is 0.276. The molecule has 4 unspecified atom stereocenters. The molecule has 1 aliphatic heterocycles. The first-order valence-corrected chi connectivity index (χ1v) is 10.7. The molecule has 5 heteroatoms. The summed E-state index contributed by atoms with van der Waals surface area (Å²) in [5.74, 6) is 4.78. The Morgan fingerprint density at radius 3 is 2.69 bits per heavy atom. The molecule has 0 aromatic rings. The van der Waals surface area contributed by atoms with Crippen molar-refractivity contribution in [3.05, 3.63) is 0 Å². The van der Waals surface area contributed by atoms with Crippen LogP contribution in [0.4, 0.5) is 0 Å². The Hall–Kier alpha value is 1.05. The molecular weight excluding hydrogens is 255 g/mol. The highest BCUT2D eigenvalue weighted by Gasteiger charge is 2.25. The van der Waals surface area contributed by atoms with Crippen LogP contribution in [0.1, 0.15) is 32.1 Å². The topological polar surface area (TPSA) is 24.1 Å². The summed E-state index contributed by atoms with van der Waals surface area (Å²) in [5.41, 5.74) is 6.56. The Morgan fingerprint density at radius 1 is 1.06 bits per heavy atom. The highest BCUT2D eigenvalue weighted by Crippen LogP contribution is 2.48. The lowest BCUT2D eigenvalue weighted by atomic mass is 9.84. The van der Waals surface area contributed by atoms with Gasteiger partial charge >= 0.3 is 0 Å². The molecule has 2 nitrogen and oxygen atoms in total. The number of hydrogen-bond acceptors (Lipinski definition) is 4. The highest BCUT2D eigenvalue weighted by molar-refractivity contribution is 8.82. The van der Waals surface area contributed by atoms with Crippen molar-refractivity contribution < 1.29 is 0 Å². The van der Waals surface area contributed by atoms with E-state index in [9.17, 15) is 0 Å². The number of hydrogen-bond donors (Lipinski definition) is 2. The van der Waals surface area contributed by atoms with Crippen LogP contribution in [0.2, 0.25) is 0 Å². The van der Waals surface area contributed by atoms with E-state index in [1.807, 2.05) is 7.05 Å². The molecule has 0 spiro atoms. The molecule has 2 aliphatic rings. The summed E-state index contributed by atoms with van der Waals surface area (Å²) in [6, 6.07) is 0.701. The highest BCUT2D eigenvalue weighted by atomic mass is 33.1. The average molecular weight is 278 g/mol. The lowest BCUT2D eigenvalue weighted by Gasteiger charge is -2.32. The summed E-state index contributed by atoms with van der Waals surface area (Å²) in [5, 5.41) is 0. The molecule has 0 aromatic heterocycles. The van der Waals surface area contributed by atoms with Gasteiger partial charge in [0.25, 0.3) is 0 Å². The van der Waals surface area contributed by atoms with Gasteiger partial charge in [-0.2, -0.15) is 0 Å². The number of fused-ring (bicyclic) bond motifs is 2. The van der Waals surface area contributed by atoms with Crippen molar-refractivity contribution in [2.45, 2.75) is 38.1 Å². The zero-order valence-electron chi connectivity index (χ0n) is 10.00. The van der Waals surface area contributed by atoms with Crippen molar-refractivity contribution in [2.75, 3.05) is 18.6 Å². The Kier molecular flexibility index (Phi) is 6.30. The normalized spacial score (nSPS) is 38.4. The molecule has 2 rings (SSSR count). The molecule has 2 bridgehead atoms. The monoisotopic (exact) mass is 278 g/mol. The van der Waals surface area contributed by atoms with Gasteiger partial charge in [0.05, 0.1) is 0 Å². The van der Waals surface area contributed by atoms with Gasteiger partial charge in [-0.15, -0.1) is 22.8 Å². The first-order chi connectivity index (χ1) is 7.88. The zero-order chi connectivity index (χ0) is 11.2. The van der Waals surface area contributed by atoms with E-state index in [-0.39, 0.29) is 0 Å². The maximum absolute atomic E-state index is 3.43. The SMILES string of the molecule is CNNC1CCCC2CSPSCC(C2)C1. The van der Waals surface area contributed by atoms with Gasteiger partial charge in [-0.3, -0.25) is 10.9 Å². The minimum atomic E-state index is 0.701. The lowest BCUT2D eigenvalue weighted by Crippen LogP contribution is -2.41. The molecule has 4 atom stereocenters. The molecule has 0 radical (unpaired) electrons. The maximum Gasteiger partial charge on any atom is 0.0215 e. The summed E-state index contributed by atoms with van der Waals surface area (Å²) in [6.07, 6.45) is 7.07. The summed E-state index contributed by atoms with van der Waals surface area (Å²) >= 11 is 4.36. The number of rotatable bonds is 2. The molecule has 1 heterocycles. The van der Waals surface area contributed by atoms with Crippen molar-refractivity contribution >= 4 is 29.7 Å². The zero-order valence-corrected chi connectivity index (χ0v) is 12.6. The fourth-order valence-corrected chi connectivity index (χ4v) is 8.14. The predicted molar refractivity (Wildman–Crippen MR) is 79.3 cm³/mol. The van der Waals surface area contributed by atoms with Gasteiger partial charge < -0.3 is 0 Å². The van der Waals surface area contributed by atoms with E-state index in [1.54, 1.807) is 0 Å². The van der Waals surface area contributed by atoms with Crippen molar-refractivity contribution in [1.29, 1.82) is 0 Å². The van der Waals surface area contributed by atoms with Crippen LogP contribution in [0.15, 0.2) is 0 Å². The van der Waals surface area contributed by atoms with Gasteiger partial charge in [0.15, 0.2) is 0 Å². The maximum atomic E-state index is 3.43. The molecular formula is C11H23N2PS2. The quantitative estimate of drug-likeness (QED) is 0.598. The van der Waals surface area contributed by atoms with Crippen LogP contribution in [0, 0.1) is 11.8 Å². The van der Waals surface area contributed by atoms with Gasteiger partial charge in [-0.25, -0.2) is 0 Å². The van der Waals surface area contributed by atoms with Gasteiger partial charge in [-0.1, -0.05) is 6.42 Å². The van der Waals surface area contributed by atoms with E-state index in [0.717, 1.165) is 18.8 Å². The van der Waals surface area contributed by atoms with Gasteiger partial charge in [0, 0.05) is 17.5 Å². The third kappa shape index (κ3) is 4.38. The number of nitrogens with one attached hydrogen (secondary N) is 2. The van der Waals surface area contributed by atoms with Crippen molar-refractivity contribution in [3.63, 3.8) is 0 Å². The molecule has 2 N–H and O–H groups in total. The smallest absolute Gasteiger partial charge is 0.0215 e. The summed E-state index contributed by atoms with van der Waals surface area (Å²) in [6.45, 7) is 1.08. The standard InChI is InChI=1S/C11H23N2PS2/c1-12-13-11-4-2-3-9-5-10(6-11)8-16-14-15-7-9/h9-14H,2-8H2,1H3. The molecule has 1 saturated carbocycles. The predicted octanol–water partition coefficient (Wildman–Crippen LogP) is 3.26. The molecule has 0 aromatic carbocycles. The summed E-state index contributed by atoms with van der Waals surface area (Å²) in [7, 11) is 1.99. The molecule has 1 aliphatic carbocycles. The van der Waals surface area contributed by atoms with E-state index >= 15 is 0 Å². The van der Waals surface area contributed by atoms with Gasteiger partial charge in [0.1, 0.15) is 0 Å². The molecule has 2 fully saturated rings. The van der Waals surface area contributed by atoms with E-state index in [2.05, 4.69) is 33.6 Å². The van der Waals surface area contributed by atoms with Crippen LogP contribution in [-0.2, 0) is 0 Å². The van der Waals surface area contributed by atoms with E-state index in [0.29, 0.717) is 6.04 Å². The Morgan fingerprint density at radius 2 is 1.88 bits per heavy atom. The Bertz CT molecular complexity index is 206. The van der Waals surface area contributed by atoms with Crippen LogP contribution >= 0.6 is 29.7 Å². The molecule has 94 valence electrons. The third-order valence-electron chi connectivity index (χ3n) is 3.55. The number of hydrazine groups is 1. The second-order valence-electron chi connectivity index (χ2n) is 4.93. The minimum Gasteiger partial charge on any atom is -0.261 e. The van der Waals surface area contributed by atoms with Gasteiger partial charge in [-0.05, 0) is 51.6 Å². The van der Waals surface area contributed by atoms with Crippen molar-refractivity contribution in [1.82, 2.24) is 10.9 Å². The van der Waals surface area contributed by atoms with Crippen LogP contribution < -0.4 is 10.9 Å². The van der Waals surface area contributed by atoms with Crippen molar-refractivity contribution in [2.24, 2.45) is 11.8 Å². The Balaban J connectivity index is 1.90. The first-order valence-electron chi connectivity index (χ1n) is 6.29.